The Kier molecular flexibility index (Phi) is 4.03. The van der Waals surface area contributed by atoms with Crippen molar-refractivity contribution in [2.24, 2.45) is 0 Å². The number of nitrogens with one attached hydrogen (secondary N) is 2. The van der Waals surface area contributed by atoms with Crippen molar-refractivity contribution in [1.82, 2.24) is 5.32 Å². The molecule has 2 aromatic rings. The molecular formula is C16H14N2O2S. The first-order chi connectivity index (χ1) is 10.2. The molecule has 1 aliphatic heterocycles. The first-order valence-corrected chi connectivity index (χ1v) is 7.44. The molecular weight excluding hydrogens is 284 g/mol. The summed E-state index contributed by atoms with van der Waals surface area (Å²) in [5.74, 6) is -0.117. The number of hydrogen-bond acceptors (Lipinski definition) is 4. The van der Waals surface area contributed by atoms with E-state index in [1.807, 2.05) is 54.6 Å². The lowest BCUT2D eigenvalue weighted by molar-refractivity contribution is -0.117. The summed E-state index contributed by atoms with van der Waals surface area (Å²) in [7, 11) is 0. The van der Waals surface area contributed by atoms with Gasteiger partial charge in [-0.2, -0.15) is 0 Å². The minimum absolute atomic E-state index is 0.0154. The second-order valence-corrected chi connectivity index (χ2v) is 5.81. The van der Waals surface area contributed by atoms with Crippen LogP contribution in [0.5, 0.6) is 0 Å². The summed E-state index contributed by atoms with van der Waals surface area (Å²) >= 11 is 1.18. The van der Waals surface area contributed by atoms with Gasteiger partial charge in [-0.15, -0.1) is 0 Å². The molecule has 1 amide bonds. The third kappa shape index (κ3) is 3.15. The number of fused-ring (bicyclic) bond motifs is 1. The van der Waals surface area contributed by atoms with Gasteiger partial charge in [-0.3, -0.25) is 14.9 Å². The highest BCUT2D eigenvalue weighted by Crippen LogP contribution is 2.30. The zero-order chi connectivity index (χ0) is 14.7. The van der Waals surface area contributed by atoms with E-state index >= 15 is 0 Å². The molecule has 3 rings (SSSR count). The van der Waals surface area contributed by atoms with Gasteiger partial charge in [0.15, 0.2) is 0 Å². The Morgan fingerprint density at radius 1 is 1.10 bits per heavy atom. The molecule has 0 saturated carbocycles. The van der Waals surface area contributed by atoms with Gasteiger partial charge < -0.3 is 5.32 Å². The van der Waals surface area contributed by atoms with Crippen LogP contribution in [-0.2, 0) is 9.59 Å². The zero-order valence-corrected chi connectivity index (χ0v) is 12.0. The number of hydrogen-bond donors (Lipinski definition) is 2. The normalized spacial score (nSPS) is 16.4. The van der Waals surface area contributed by atoms with Gasteiger partial charge in [0, 0.05) is 16.1 Å². The Morgan fingerprint density at radius 2 is 1.81 bits per heavy atom. The monoisotopic (exact) mass is 298 g/mol. The highest BCUT2D eigenvalue weighted by molar-refractivity contribution is 8.13. The predicted octanol–water partition coefficient (Wildman–Crippen LogP) is 2.59. The van der Waals surface area contributed by atoms with E-state index in [0.29, 0.717) is 0 Å². The molecule has 0 unspecified atom stereocenters. The van der Waals surface area contributed by atoms with Crippen molar-refractivity contribution in [3.05, 3.63) is 60.2 Å². The fourth-order valence-electron chi connectivity index (χ4n) is 2.25. The van der Waals surface area contributed by atoms with Crippen molar-refractivity contribution in [1.29, 1.82) is 0 Å². The molecule has 0 bridgehead atoms. The minimum atomic E-state index is -0.457. The lowest BCUT2D eigenvalue weighted by Gasteiger charge is -2.10. The topological polar surface area (TPSA) is 58.2 Å². The largest absolute Gasteiger partial charge is 0.324 e. The molecule has 2 aromatic carbocycles. The number of carbonyl (C=O) groups is 2. The van der Waals surface area contributed by atoms with Crippen molar-refractivity contribution in [3.63, 3.8) is 0 Å². The predicted molar refractivity (Wildman–Crippen MR) is 83.1 cm³/mol. The van der Waals surface area contributed by atoms with Crippen LogP contribution < -0.4 is 10.6 Å². The highest BCUT2D eigenvalue weighted by Gasteiger charge is 2.29. The van der Waals surface area contributed by atoms with E-state index in [1.54, 1.807) is 0 Å². The van der Waals surface area contributed by atoms with Crippen LogP contribution in [0, 0.1) is 0 Å². The van der Waals surface area contributed by atoms with Crippen molar-refractivity contribution in [2.75, 3.05) is 11.9 Å². The first-order valence-electron chi connectivity index (χ1n) is 6.63. The molecule has 5 heteroatoms. The summed E-state index contributed by atoms with van der Waals surface area (Å²) in [5, 5.41) is 5.81. The number of rotatable bonds is 4. The Hall–Kier alpha value is -2.11. The third-order valence-electron chi connectivity index (χ3n) is 3.22. The van der Waals surface area contributed by atoms with Crippen LogP contribution in [-0.4, -0.2) is 17.6 Å². The average Bonchev–Trinajstić information content (AvgIpc) is 2.81. The summed E-state index contributed by atoms with van der Waals surface area (Å²) in [4.78, 5) is 24.8. The van der Waals surface area contributed by atoms with Crippen molar-refractivity contribution >= 4 is 28.5 Å². The summed E-state index contributed by atoms with van der Waals surface area (Å²) in [5.41, 5.74) is 1.70. The van der Waals surface area contributed by atoms with E-state index in [0.717, 1.165) is 16.1 Å². The molecule has 0 radical (unpaired) electrons. The highest BCUT2D eigenvalue weighted by atomic mass is 32.2. The molecule has 0 spiro atoms. The molecule has 21 heavy (non-hydrogen) atoms. The molecule has 106 valence electrons. The Labute approximate surface area is 126 Å². The Bertz CT molecular complexity index is 673. The standard InChI is InChI=1S/C16H14N2O2S/c19-14(21-11-6-2-1-3-7-11)10-17-15-12-8-4-5-9-13(12)18-16(15)20/h1-9,15,17H,10H2,(H,18,20)/t15-/m1/s1. The maximum Gasteiger partial charge on any atom is 0.246 e. The Morgan fingerprint density at radius 3 is 2.62 bits per heavy atom. The van der Waals surface area contributed by atoms with E-state index in [4.69, 9.17) is 0 Å². The molecule has 1 aliphatic rings. The van der Waals surface area contributed by atoms with E-state index in [2.05, 4.69) is 10.6 Å². The van der Waals surface area contributed by atoms with Crippen LogP contribution in [0.4, 0.5) is 5.69 Å². The van der Waals surface area contributed by atoms with Gasteiger partial charge in [0.1, 0.15) is 6.04 Å². The van der Waals surface area contributed by atoms with Crippen molar-refractivity contribution in [2.45, 2.75) is 10.9 Å². The number of carbonyl (C=O) groups excluding carboxylic acids is 2. The number of benzene rings is 2. The fourth-order valence-corrected chi connectivity index (χ4v) is 2.96. The average molecular weight is 298 g/mol. The SMILES string of the molecule is O=C(CN[C@H]1C(=O)Nc2ccccc21)Sc1ccccc1. The molecule has 4 nitrogen and oxygen atoms in total. The van der Waals surface area contributed by atoms with E-state index in [-0.39, 0.29) is 17.6 Å². The smallest absolute Gasteiger partial charge is 0.246 e. The Balaban J connectivity index is 1.60. The van der Waals surface area contributed by atoms with Gasteiger partial charge in [-0.1, -0.05) is 48.2 Å². The summed E-state index contributed by atoms with van der Waals surface area (Å²) in [6, 6.07) is 16.5. The number of thioether (sulfide) groups is 1. The van der Waals surface area contributed by atoms with Gasteiger partial charge in [-0.05, 0) is 18.2 Å². The molecule has 0 saturated heterocycles. The molecule has 1 atom stereocenters. The van der Waals surface area contributed by atoms with Crippen LogP contribution in [0.25, 0.3) is 0 Å². The van der Waals surface area contributed by atoms with Gasteiger partial charge in [0.2, 0.25) is 11.0 Å². The summed E-state index contributed by atoms with van der Waals surface area (Å²) in [6.45, 7) is 0.145. The van der Waals surface area contributed by atoms with E-state index in [9.17, 15) is 9.59 Å². The quantitative estimate of drug-likeness (QED) is 0.852. The number of para-hydroxylation sites is 1. The molecule has 0 aromatic heterocycles. The molecule has 0 aliphatic carbocycles. The summed E-state index contributed by atoms with van der Waals surface area (Å²) < 4.78 is 0. The van der Waals surface area contributed by atoms with Crippen LogP contribution in [0.2, 0.25) is 0 Å². The lowest BCUT2D eigenvalue weighted by atomic mass is 10.1. The van der Waals surface area contributed by atoms with Gasteiger partial charge >= 0.3 is 0 Å². The number of anilines is 1. The van der Waals surface area contributed by atoms with Crippen LogP contribution in [0.1, 0.15) is 11.6 Å². The van der Waals surface area contributed by atoms with Gasteiger partial charge in [0.25, 0.3) is 0 Å². The fraction of sp³-hybridized carbons (Fsp3) is 0.125. The third-order valence-corrected chi connectivity index (χ3v) is 4.10. The maximum absolute atomic E-state index is 12.0. The second kappa shape index (κ2) is 6.11. The van der Waals surface area contributed by atoms with Crippen molar-refractivity contribution < 1.29 is 9.59 Å². The van der Waals surface area contributed by atoms with E-state index in [1.165, 1.54) is 11.8 Å². The molecule has 0 fully saturated rings. The van der Waals surface area contributed by atoms with Crippen LogP contribution in [0.15, 0.2) is 59.5 Å². The first kappa shape index (κ1) is 13.9. The second-order valence-electron chi connectivity index (χ2n) is 4.68. The van der Waals surface area contributed by atoms with Gasteiger partial charge in [-0.25, -0.2) is 0 Å². The maximum atomic E-state index is 12.0. The summed E-state index contributed by atoms with van der Waals surface area (Å²) in [6.07, 6.45) is 0. The van der Waals surface area contributed by atoms with Crippen LogP contribution in [0.3, 0.4) is 0 Å². The van der Waals surface area contributed by atoms with E-state index < -0.39 is 6.04 Å². The van der Waals surface area contributed by atoms with Crippen LogP contribution >= 0.6 is 11.8 Å². The van der Waals surface area contributed by atoms with Gasteiger partial charge in [0.05, 0.1) is 6.54 Å². The minimum Gasteiger partial charge on any atom is -0.324 e. The molecule has 1 heterocycles. The zero-order valence-electron chi connectivity index (χ0n) is 11.2. The lowest BCUT2D eigenvalue weighted by Crippen LogP contribution is -2.31. The number of amides is 1. The van der Waals surface area contributed by atoms with Crippen molar-refractivity contribution in [3.8, 4) is 0 Å². The molecule has 2 N–H and O–H groups in total.